The van der Waals surface area contributed by atoms with E-state index in [0.717, 1.165) is 6.26 Å². The number of benzene rings is 1. The molecule has 0 fully saturated rings. The molecule has 1 unspecified atom stereocenters. The lowest BCUT2D eigenvalue weighted by Crippen LogP contribution is -2.32. The highest BCUT2D eigenvalue weighted by molar-refractivity contribution is 7.88. The minimum Gasteiger partial charge on any atom is -0.309 e. The summed E-state index contributed by atoms with van der Waals surface area (Å²) in [6.07, 6.45) is 1.08. The summed E-state index contributed by atoms with van der Waals surface area (Å²) in [5, 5.41) is 3.36. The van der Waals surface area contributed by atoms with Crippen LogP contribution in [0, 0.1) is 5.82 Å². The van der Waals surface area contributed by atoms with Gasteiger partial charge >= 0.3 is 0 Å². The molecule has 0 saturated heterocycles. The Morgan fingerprint density at radius 2 is 1.95 bits per heavy atom. The average Bonchev–Trinajstić information content (AvgIpc) is 2.29. The minimum absolute atomic E-state index is 0.0245. The van der Waals surface area contributed by atoms with Gasteiger partial charge in [-0.3, -0.25) is 0 Å². The molecular weight excluding hydrogens is 314 g/mol. The molecule has 1 aromatic rings. The molecule has 0 bridgehead atoms. The summed E-state index contributed by atoms with van der Waals surface area (Å²) in [6.45, 7) is 2.37. The third-order valence-corrected chi connectivity index (χ3v) is 3.89. The van der Waals surface area contributed by atoms with E-state index in [-0.39, 0.29) is 17.6 Å². The molecule has 1 rings (SSSR count). The summed E-state index contributed by atoms with van der Waals surface area (Å²) in [4.78, 5) is 0. The van der Waals surface area contributed by atoms with E-state index in [9.17, 15) is 12.8 Å². The van der Waals surface area contributed by atoms with Crippen molar-refractivity contribution in [3.8, 4) is 0 Å². The molecular formula is C11H15Cl2FN2O2S. The second-order valence-corrected chi connectivity index (χ2v) is 6.72. The fraction of sp³-hybridized carbons (Fsp3) is 0.455. The van der Waals surface area contributed by atoms with Crippen molar-refractivity contribution < 1.29 is 12.8 Å². The van der Waals surface area contributed by atoms with Gasteiger partial charge in [0.15, 0.2) is 0 Å². The number of halogens is 3. The molecule has 0 radical (unpaired) electrons. The van der Waals surface area contributed by atoms with Crippen LogP contribution in [-0.4, -0.2) is 27.8 Å². The van der Waals surface area contributed by atoms with Crippen LogP contribution < -0.4 is 10.0 Å². The highest BCUT2D eigenvalue weighted by atomic mass is 35.5. The Morgan fingerprint density at radius 3 is 2.53 bits per heavy atom. The van der Waals surface area contributed by atoms with Crippen LogP contribution >= 0.6 is 23.2 Å². The van der Waals surface area contributed by atoms with Crippen LogP contribution in [0.1, 0.15) is 18.5 Å². The van der Waals surface area contributed by atoms with Gasteiger partial charge < -0.3 is 5.32 Å². The van der Waals surface area contributed by atoms with Crippen molar-refractivity contribution in [1.29, 1.82) is 0 Å². The second-order valence-electron chi connectivity index (χ2n) is 4.10. The molecule has 0 spiro atoms. The van der Waals surface area contributed by atoms with E-state index in [2.05, 4.69) is 10.0 Å². The third-order valence-electron chi connectivity index (χ3n) is 2.45. The maximum absolute atomic E-state index is 13.4. The first-order chi connectivity index (χ1) is 8.72. The lowest BCUT2D eigenvalue weighted by Gasteiger charge is -2.17. The summed E-state index contributed by atoms with van der Waals surface area (Å²) < 4.78 is 37.4. The normalized spacial score (nSPS) is 13.5. The molecule has 0 aliphatic rings. The Hall–Kier alpha value is -0.400. The predicted octanol–water partition coefficient (Wildman–Crippen LogP) is 2.33. The van der Waals surface area contributed by atoms with E-state index in [1.165, 1.54) is 12.1 Å². The number of nitrogens with one attached hydrogen (secondary N) is 2. The SMILES string of the molecule is CC(NCCNS(C)(=O)=O)c1c(Cl)ccc(F)c1Cl. The van der Waals surface area contributed by atoms with Gasteiger partial charge in [-0.2, -0.15) is 0 Å². The van der Waals surface area contributed by atoms with E-state index in [1.54, 1.807) is 6.92 Å². The number of hydrogen-bond donors (Lipinski definition) is 2. The van der Waals surface area contributed by atoms with Crippen LogP contribution in [0.2, 0.25) is 10.0 Å². The lowest BCUT2D eigenvalue weighted by molar-refractivity contribution is 0.552. The van der Waals surface area contributed by atoms with Crippen LogP contribution in [0.3, 0.4) is 0 Å². The molecule has 8 heteroatoms. The highest BCUT2D eigenvalue weighted by Crippen LogP contribution is 2.32. The number of sulfonamides is 1. The number of hydrogen-bond acceptors (Lipinski definition) is 3. The van der Waals surface area contributed by atoms with Gasteiger partial charge in [0.05, 0.1) is 11.3 Å². The summed E-state index contributed by atoms with van der Waals surface area (Å²) >= 11 is 11.8. The van der Waals surface area contributed by atoms with E-state index in [0.29, 0.717) is 17.1 Å². The Kier molecular flexibility index (Phi) is 6.01. The quantitative estimate of drug-likeness (QED) is 0.622. The fourth-order valence-corrected chi connectivity index (χ4v) is 2.74. The highest BCUT2D eigenvalue weighted by Gasteiger charge is 2.16. The smallest absolute Gasteiger partial charge is 0.208 e. The Bertz CT molecular complexity index is 552. The Labute approximate surface area is 122 Å². The largest absolute Gasteiger partial charge is 0.309 e. The van der Waals surface area contributed by atoms with Crippen molar-refractivity contribution in [3.63, 3.8) is 0 Å². The van der Waals surface area contributed by atoms with Crippen LogP contribution in [0.25, 0.3) is 0 Å². The summed E-state index contributed by atoms with van der Waals surface area (Å²) in [5.74, 6) is -0.538. The van der Waals surface area contributed by atoms with E-state index >= 15 is 0 Å². The van der Waals surface area contributed by atoms with Crippen LogP contribution in [0.4, 0.5) is 4.39 Å². The zero-order valence-electron chi connectivity index (χ0n) is 10.5. The van der Waals surface area contributed by atoms with E-state index in [4.69, 9.17) is 23.2 Å². The van der Waals surface area contributed by atoms with Crippen LogP contribution in [-0.2, 0) is 10.0 Å². The fourth-order valence-electron chi connectivity index (χ4n) is 1.57. The van der Waals surface area contributed by atoms with Gasteiger partial charge in [0.1, 0.15) is 5.82 Å². The Morgan fingerprint density at radius 1 is 1.32 bits per heavy atom. The van der Waals surface area contributed by atoms with Crippen LogP contribution in [0.5, 0.6) is 0 Å². The van der Waals surface area contributed by atoms with E-state index < -0.39 is 15.8 Å². The molecule has 2 N–H and O–H groups in total. The van der Waals surface area contributed by atoms with Gasteiger partial charge in [-0.1, -0.05) is 23.2 Å². The second kappa shape index (κ2) is 6.85. The molecule has 108 valence electrons. The lowest BCUT2D eigenvalue weighted by atomic mass is 10.1. The van der Waals surface area contributed by atoms with Crippen molar-refractivity contribution in [2.24, 2.45) is 0 Å². The van der Waals surface area contributed by atoms with Gasteiger partial charge in [0.25, 0.3) is 0 Å². The molecule has 0 aliphatic heterocycles. The van der Waals surface area contributed by atoms with Crippen LogP contribution in [0.15, 0.2) is 12.1 Å². The van der Waals surface area contributed by atoms with Crippen molar-refractivity contribution >= 4 is 33.2 Å². The summed E-state index contributed by atoms with van der Waals surface area (Å²) in [6, 6.07) is 2.34. The first-order valence-electron chi connectivity index (χ1n) is 5.54. The van der Waals surface area contributed by atoms with Gasteiger partial charge in [0, 0.05) is 29.7 Å². The molecule has 0 heterocycles. The molecule has 4 nitrogen and oxygen atoms in total. The zero-order chi connectivity index (χ0) is 14.6. The molecule has 0 aromatic heterocycles. The van der Waals surface area contributed by atoms with Gasteiger partial charge in [-0.05, 0) is 19.1 Å². The van der Waals surface area contributed by atoms with Gasteiger partial charge in [0.2, 0.25) is 10.0 Å². The maximum atomic E-state index is 13.4. The third kappa shape index (κ3) is 5.24. The molecule has 0 amide bonds. The van der Waals surface area contributed by atoms with E-state index in [1.807, 2.05) is 0 Å². The predicted molar refractivity (Wildman–Crippen MR) is 75.7 cm³/mol. The summed E-state index contributed by atoms with van der Waals surface area (Å²) in [7, 11) is -3.21. The van der Waals surface area contributed by atoms with Crippen molar-refractivity contribution in [2.75, 3.05) is 19.3 Å². The molecule has 1 atom stereocenters. The number of rotatable bonds is 6. The Balaban J connectivity index is 2.64. The molecule has 1 aromatic carbocycles. The molecule has 19 heavy (non-hydrogen) atoms. The topological polar surface area (TPSA) is 58.2 Å². The van der Waals surface area contributed by atoms with Gasteiger partial charge in [-0.15, -0.1) is 0 Å². The standard InChI is InChI=1S/C11H15Cl2FN2O2S/c1-7(15-5-6-16-19(2,17)18)10-8(12)3-4-9(14)11(10)13/h3-4,7,15-16H,5-6H2,1-2H3. The van der Waals surface area contributed by atoms with Crippen molar-refractivity contribution in [3.05, 3.63) is 33.6 Å². The van der Waals surface area contributed by atoms with Crippen molar-refractivity contribution in [2.45, 2.75) is 13.0 Å². The average molecular weight is 329 g/mol. The maximum Gasteiger partial charge on any atom is 0.208 e. The molecule has 0 aliphatic carbocycles. The van der Waals surface area contributed by atoms with Gasteiger partial charge in [-0.25, -0.2) is 17.5 Å². The zero-order valence-corrected chi connectivity index (χ0v) is 12.8. The molecule has 0 saturated carbocycles. The minimum atomic E-state index is -3.21. The first-order valence-corrected chi connectivity index (χ1v) is 8.18. The first kappa shape index (κ1) is 16.7. The monoisotopic (exact) mass is 328 g/mol. The summed E-state index contributed by atoms with van der Waals surface area (Å²) in [5.41, 5.74) is 0.461. The van der Waals surface area contributed by atoms with Crippen molar-refractivity contribution in [1.82, 2.24) is 10.0 Å².